The predicted octanol–water partition coefficient (Wildman–Crippen LogP) is 2.77. The molecule has 1 fully saturated rings. The number of ether oxygens (including phenoxy) is 1. The van der Waals surface area contributed by atoms with E-state index in [9.17, 15) is 14.7 Å². The Labute approximate surface area is 164 Å². The van der Waals surface area contributed by atoms with Gasteiger partial charge < -0.3 is 14.7 Å². The predicted molar refractivity (Wildman–Crippen MR) is 106 cm³/mol. The lowest BCUT2D eigenvalue weighted by molar-refractivity contribution is -0.143. The topological polar surface area (TPSA) is 70.1 Å². The van der Waals surface area contributed by atoms with Crippen molar-refractivity contribution < 1.29 is 19.4 Å². The molecule has 4 rings (SSSR count). The van der Waals surface area contributed by atoms with Gasteiger partial charge in [0.1, 0.15) is 11.8 Å². The summed E-state index contributed by atoms with van der Waals surface area (Å²) in [4.78, 5) is 27.8. The molecule has 6 nitrogen and oxygen atoms in total. The number of fused-ring (bicyclic) bond motifs is 1. The van der Waals surface area contributed by atoms with E-state index in [-0.39, 0.29) is 5.78 Å². The highest BCUT2D eigenvalue weighted by Crippen LogP contribution is 2.36. The maximum Gasteiger partial charge on any atom is 0.325 e. The number of rotatable bonds is 5. The second-order valence-corrected chi connectivity index (χ2v) is 7.30. The molecule has 2 heterocycles. The summed E-state index contributed by atoms with van der Waals surface area (Å²) in [6, 6.07) is 12.7. The molecule has 28 heavy (non-hydrogen) atoms. The van der Waals surface area contributed by atoms with Crippen molar-refractivity contribution in [2.75, 3.05) is 37.7 Å². The van der Waals surface area contributed by atoms with Crippen LogP contribution in [0.1, 0.15) is 34.5 Å². The van der Waals surface area contributed by atoms with Crippen LogP contribution in [0.25, 0.3) is 0 Å². The van der Waals surface area contributed by atoms with Crippen LogP contribution in [0.3, 0.4) is 0 Å². The molecule has 2 aromatic rings. The minimum atomic E-state index is -0.844. The number of benzene rings is 2. The monoisotopic (exact) mass is 380 g/mol. The number of carboxylic acids is 1. The number of piperazine rings is 1. The fraction of sp³-hybridized carbons (Fsp3) is 0.364. The molecule has 0 spiro atoms. The molecule has 146 valence electrons. The minimum Gasteiger partial charge on any atom is -0.493 e. The standard InChI is InChI=1S/C22H24N2O4/c1-15(25)16-5-7-18(8-6-16)23-10-12-24(13-11-23)20(22(26)27)19-4-2-3-17-9-14-28-21(17)19/h2-8,20H,9-14H2,1H3,(H,26,27)/t20-/m0/s1. The molecule has 0 saturated carbocycles. The van der Waals surface area contributed by atoms with Gasteiger partial charge in [0.15, 0.2) is 5.78 Å². The quantitative estimate of drug-likeness (QED) is 0.805. The first kappa shape index (κ1) is 18.5. The van der Waals surface area contributed by atoms with Crippen LogP contribution in [-0.2, 0) is 11.2 Å². The number of hydrogen-bond acceptors (Lipinski definition) is 5. The number of aliphatic carboxylic acids is 1. The van der Waals surface area contributed by atoms with E-state index in [0.29, 0.717) is 25.3 Å². The van der Waals surface area contributed by atoms with Gasteiger partial charge in [-0.1, -0.05) is 18.2 Å². The highest BCUT2D eigenvalue weighted by molar-refractivity contribution is 5.94. The zero-order valence-electron chi connectivity index (χ0n) is 15.9. The molecular weight excluding hydrogens is 356 g/mol. The summed E-state index contributed by atoms with van der Waals surface area (Å²) in [6.07, 6.45) is 0.833. The van der Waals surface area contributed by atoms with Gasteiger partial charge >= 0.3 is 5.97 Å². The number of nitrogens with zero attached hydrogens (tertiary/aromatic N) is 2. The van der Waals surface area contributed by atoms with Gasteiger partial charge in [-0.3, -0.25) is 14.5 Å². The van der Waals surface area contributed by atoms with Crippen LogP contribution in [0.4, 0.5) is 5.69 Å². The first-order valence-corrected chi connectivity index (χ1v) is 9.62. The molecule has 1 atom stereocenters. The number of hydrogen-bond donors (Lipinski definition) is 1. The van der Waals surface area contributed by atoms with Gasteiger partial charge in [-0.25, -0.2) is 0 Å². The minimum absolute atomic E-state index is 0.0540. The maximum absolute atomic E-state index is 12.1. The van der Waals surface area contributed by atoms with Crippen LogP contribution in [0, 0.1) is 0 Å². The van der Waals surface area contributed by atoms with Gasteiger partial charge in [0.2, 0.25) is 0 Å². The van der Waals surface area contributed by atoms with Crippen molar-refractivity contribution in [1.82, 2.24) is 4.90 Å². The Morgan fingerprint density at radius 3 is 2.39 bits per heavy atom. The summed E-state index contributed by atoms with van der Waals surface area (Å²) in [5, 5.41) is 9.93. The van der Waals surface area contributed by atoms with Crippen molar-refractivity contribution in [3.8, 4) is 5.75 Å². The number of Topliss-reactive ketones (excluding diaryl/α,β-unsaturated/α-hetero) is 1. The van der Waals surface area contributed by atoms with Crippen LogP contribution in [0.5, 0.6) is 5.75 Å². The molecule has 2 aliphatic rings. The lowest BCUT2D eigenvalue weighted by Gasteiger charge is -2.39. The van der Waals surface area contributed by atoms with Crippen molar-refractivity contribution in [2.24, 2.45) is 0 Å². The van der Waals surface area contributed by atoms with Crippen molar-refractivity contribution in [3.63, 3.8) is 0 Å². The van der Waals surface area contributed by atoms with Gasteiger partial charge in [-0.15, -0.1) is 0 Å². The van der Waals surface area contributed by atoms with Crippen LogP contribution < -0.4 is 9.64 Å². The summed E-state index contributed by atoms with van der Waals surface area (Å²) in [6.45, 7) is 4.94. The van der Waals surface area contributed by atoms with Crippen LogP contribution in [0.15, 0.2) is 42.5 Å². The number of carboxylic acid groups (broad SMARTS) is 1. The summed E-state index contributed by atoms with van der Waals surface area (Å²) in [7, 11) is 0. The maximum atomic E-state index is 12.1. The Kier molecular flexibility index (Phi) is 5.05. The SMILES string of the molecule is CC(=O)c1ccc(N2CCN([C@H](C(=O)O)c3cccc4c3OCC4)CC2)cc1. The average Bonchev–Trinajstić information content (AvgIpc) is 3.18. The molecule has 1 saturated heterocycles. The molecule has 0 bridgehead atoms. The Hall–Kier alpha value is -2.86. The molecule has 6 heteroatoms. The first-order chi connectivity index (χ1) is 13.5. The van der Waals surface area contributed by atoms with E-state index in [0.717, 1.165) is 42.1 Å². The van der Waals surface area contributed by atoms with Crippen LogP contribution in [-0.4, -0.2) is 54.5 Å². The van der Waals surface area contributed by atoms with E-state index >= 15 is 0 Å². The van der Waals surface area contributed by atoms with Crippen LogP contribution in [0.2, 0.25) is 0 Å². The number of carbonyl (C=O) groups excluding carboxylic acids is 1. The van der Waals surface area contributed by atoms with Crippen molar-refractivity contribution in [1.29, 1.82) is 0 Å². The number of ketones is 1. The summed E-state index contributed by atoms with van der Waals surface area (Å²) < 4.78 is 5.74. The average molecular weight is 380 g/mol. The smallest absolute Gasteiger partial charge is 0.325 e. The van der Waals surface area contributed by atoms with Gasteiger partial charge in [0.25, 0.3) is 0 Å². The second kappa shape index (κ2) is 7.64. The third-order valence-corrected chi connectivity index (χ3v) is 5.59. The highest BCUT2D eigenvalue weighted by Gasteiger charge is 2.34. The number of carbonyl (C=O) groups is 2. The zero-order chi connectivity index (χ0) is 19.7. The van der Waals surface area contributed by atoms with E-state index < -0.39 is 12.0 Å². The summed E-state index contributed by atoms with van der Waals surface area (Å²) in [5.41, 5.74) is 3.60. The molecule has 0 unspecified atom stereocenters. The summed E-state index contributed by atoms with van der Waals surface area (Å²) in [5.74, 6) is -0.0430. The molecule has 2 aromatic carbocycles. The van der Waals surface area contributed by atoms with Crippen molar-refractivity contribution >= 4 is 17.4 Å². The largest absolute Gasteiger partial charge is 0.493 e. The molecule has 1 N–H and O–H groups in total. The second-order valence-electron chi connectivity index (χ2n) is 7.30. The highest BCUT2D eigenvalue weighted by atomic mass is 16.5. The lowest BCUT2D eigenvalue weighted by Crippen LogP contribution is -2.49. The fourth-order valence-electron chi connectivity index (χ4n) is 4.09. The Balaban J connectivity index is 1.49. The third kappa shape index (κ3) is 3.47. The van der Waals surface area contributed by atoms with Crippen molar-refractivity contribution in [3.05, 3.63) is 59.2 Å². The molecule has 2 aliphatic heterocycles. The third-order valence-electron chi connectivity index (χ3n) is 5.59. The van der Waals surface area contributed by atoms with Gasteiger partial charge in [-0.05, 0) is 36.8 Å². The first-order valence-electron chi connectivity index (χ1n) is 9.62. The van der Waals surface area contributed by atoms with Gasteiger partial charge in [0, 0.05) is 49.4 Å². The Bertz CT molecular complexity index is 886. The Morgan fingerprint density at radius 2 is 1.75 bits per heavy atom. The molecule has 0 radical (unpaired) electrons. The molecule has 0 amide bonds. The van der Waals surface area contributed by atoms with Crippen LogP contribution >= 0.6 is 0 Å². The zero-order valence-corrected chi connectivity index (χ0v) is 15.9. The lowest BCUT2D eigenvalue weighted by atomic mass is 10.00. The van der Waals surface area contributed by atoms with E-state index in [2.05, 4.69) is 4.90 Å². The van der Waals surface area contributed by atoms with Gasteiger partial charge in [-0.2, -0.15) is 0 Å². The van der Waals surface area contributed by atoms with E-state index in [1.165, 1.54) is 0 Å². The van der Waals surface area contributed by atoms with E-state index in [1.54, 1.807) is 6.92 Å². The van der Waals surface area contributed by atoms with Gasteiger partial charge in [0.05, 0.1) is 6.61 Å². The summed E-state index contributed by atoms with van der Waals surface area (Å²) >= 11 is 0. The Morgan fingerprint density at radius 1 is 1.04 bits per heavy atom. The van der Waals surface area contributed by atoms with E-state index in [1.807, 2.05) is 47.4 Å². The van der Waals surface area contributed by atoms with Crippen molar-refractivity contribution in [2.45, 2.75) is 19.4 Å². The normalized spacial score (nSPS) is 17.7. The fourth-order valence-corrected chi connectivity index (χ4v) is 4.09. The number of anilines is 1. The molecule has 0 aromatic heterocycles. The number of para-hydroxylation sites is 1. The molecule has 0 aliphatic carbocycles. The molecular formula is C22H24N2O4. The van der Waals surface area contributed by atoms with E-state index in [4.69, 9.17) is 4.74 Å².